The summed E-state index contributed by atoms with van der Waals surface area (Å²) >= 11 is 1.49. The molecule has 0 aliphatic rings. The summed E-state index contributed by atoms with van der Waals surface area (Å²) in [5, 5.41) is 7.66. The van der Waals surface area contributed by atoms with Gasteiger partial charge >= 0.3 is 0 Å². The Morgan fingerprint density at radius 3 is 2.54 bits per heavy atom. The number of unbranched alkanes of at least 4 members (excludes halogenated alkanes) is 1. The zero-order valence-corrected chi connectivity index (χ0v) is 8.88. The Labute approximate surface area is 81.5 Å². The normalized spacial score (nSPS) is 10.7. The maximum absolute atomic E-state index is 11.8. The van der Waals surface area contributed by atoms with Gasteiger partial charge in [0.2, 0.25) is 0 Å². The molecule has 0 radical (unpaired) electrons. The zero-order chi connectivity index (χ0) is 9.84. The van der Waals surface area contributed by atoms with Crippen molar-refractivity contribution in [2.24, 2.45) is 0 Å². The molecule has 0 fully saturated rings. The predicted molar refractivity (Wildman–Crippen MR) is 52.8 cm³/mol. The molecule has 4 heteroatoms. The first-order valence-corrected chi connectivity index (χ1v) is 5.26. The van der Waals surface area contributed by atoms with E-state index in [1.807, 2.05) is 18.4 Å². The van der Waals surface area contributed by atoms with Gasteiger partial charge in [0, 0.05) is 17.1 Å². The average Bonchev–Trinajstić information content (AvgIpc) is 2.32. The molecule has 1 aromatic rings. The Hall–Kier alpha value is -0.640. The lowest BCUT2D eigenvalue weighted by Crippen LogP contribution is -2.14. The lowest BCUT2D eigenvalue weighted by atomic mass is 10.3. The van der Waals surface area contributed by atoms with E-state index in [9.17, 15) is 4.39 Å². The van der Waals surface area contributed by atoms with Crippen LogP contribution in [0.5, 0.6) is 0 Å². The standard InChI is InChI=1S/C9H15FN2S/c1-7-8(2)13-9(11)12(7)6-4-3-5-10/h11H,3-6H2,1-2H3. The molecular weight excluding hydrogens is 187 g/mol. The molecule has 74 valence electrons. The molecule has 0 saturated heterocycles. The van der Waals surface area contributed by atoms with E-state index in [2.05, 4.69) is 0 Å². The third-order valence-electron chi connectivity index (χ3n) is 2.17. The van der Waals surface area contributed by atoms with Gasteiger partial charge in [-0.25, -0.2) is 0 Å². The second-order valence-electron chi connectivity index (χ2n) is 3.10. The minimum Gasteiger partial charge on any atom is -0.321 e. The van der Waals surface area contributed by atoms with Crippen molar-refractivity contribution in [3.05, 3.63) is 15.4 Å². The van der Waals surface area contributed by atoms with Gasteiger partial charge in [0.1, 0.15) is 0 Å². The van der Waals surface area contributed by atoms with E-state index >= 15 is 0 Å². The number of rotatable bonds is 4. The van der Waals surface area contributed by atoms with Crippen LogP contribution in [0.1, 0.15) is 23.4 Å². The van der Waals surface area contributed by atoms with Gasteiger partial charge in [0.15, 0.2) is 4.80 Å². The molecule has 0 saturated carbocycles. The molecule has 0 aliphatic heterocycles. The SMILES string of the molecule is Cc1sc(=N)n(CCCCF)c1C. The first-order chi connectivity index (χ1) is 6.16. The Morgan fingerprint density at radius 2 is 2.08 bits per heavy atom. The molecule has 0 amide bonds. The molecule has 0 atom stereocenters. The molecule has 2 nitrogen and oxygen atoms in total. The van der Waals surface area contributed by atoms with Gasteiger partial charge < -0.3 is 4.57 Å². The van der Waals surface area contributed by atoms with Crippen LogP contribution < -0.4 is 4.80 Å². The highest BCUT2D eigenvalue weighted by atomic mass is 32.1. The number of nitrogens with zero attached hydrogens (tertiary/aromatic N) is 1. The van der Waals surface area contributed by atoms with Crippen LogP contribution in [0.15, 0.2) is 0 Å². The van der Waals surface area contributed by atoms with Crippen molar-refractivity contribution in [1.82, 2.24) is 4.57 Å². The van der Waals surface area contributed by atoms with E-state index in [0.717, 1.165) is 18.7 Å². The summed E-state index contributed by atoms with van der Waals surface area (Å²) in [6.07, 6.45) is 1.42. The van der Waals surface area contributed by atoms with Crippen LogP contribution in [0.4, 0.5) is 4.39 Å². The van der Waals surface area contributed by atoms with Crippen molar-refractivity contribution in [3.63, 3.8) is 0 Å². The molecule has 1 rings (SSSR count). The second kappa shape index (κ2) is 4.56. The van der Waals surface area contributed by atoms with Crippen molar-refractivity contribution in [1.29, 1.82) is 5.41 Å². The summed E-state index contributed by atoms with van der Waals surface area (Å²) in [5.74, 6) is 0. The van der Waals surface area contributed by atoms with E-state index in [-0.39, 0.29) is 6.67 Å². The van der Waals surface area contributed by atoms with Gasteiger partial charge in [-0.2, -0.15) is 0 Å². The summed E-state index contributed by atoms with van der Waals surface area (Å²) < 4.78 is 13.8. The smallest absolute Gasteiger partial charge is 0.182 e. The van der Waals surface area contributed by atoms with Crippen LogP contribution in [0.25, 0.3) is 0 Å². The quantitative estimate of drug-likeness (QED) is 0.726. The summed E-state index contributed by atoms with van der Waals surface area (Å²) in [6.45, 7) is 4.55. The molecule has 0 aromatic carbocycles. The first-order valence-electron chi connectivity index (χ1n) is 4.44. The van der Waals surface area contributed by atoms with Crippen LogP contribution in [0.3, 0.4) is 0 Å². The van der Waals surface area contributed by atoms with Crippen LogP contribution in [0, 0.1) is 19.3 Å². The second-order valence-corrected chi connectivity index (χ2v) is 4.30. The fraction of sp³-hybridized carbons (Fsp3) is 0.667. The predicted octanol–water partition coefficient (Wildman–Crippen LogP) is 2.40. The first kappa shape index (κ1) is 10.4. The van der Waals surface area contributed by atoms with E-state index in [0.29, 0.717) is 11.2 Å². The zero-order valence-electron chi connectivity index (χ0n) is 8.06. The maximum atomic E-state index is 11.8. The number of alkyl halides is 1. The Morgan fingerprint density at radius 1 is 1.38 bits per heavy atom. The van der Waals surface area contributed by atoms with Gasteiger partial charge in [-0.15, -0.1) is 11.3 Å². The molecule has 13 heavy (non-hydrogen) atoms. The number of hydrogen-bond acceptors (Lipinski definition) is 2. The lowest BCUT2D eigenvalue weighted by Gasteiger charge is -2.03. The Kier molecular flexibility index (Phi) is 3.66. The highest BCUT2D eigenvalue weighted by Crippen LogP contribution is 2.09. The molecule has 0 unspecified atom stereocenters. The summed E-state index contributed by atoms with van der Waals surface area (Å²) in [6, 6.07) is 0. The van der Waals surface area contributed by atoms with Gasteiger partial charge in [-0.3, -0.25) is 9.80 Å². The third kappa shape index (κ3) is 2.40. The topological polar surface area (TPSA) is 28.8 Å². The van der Waals surface area contributed by atoms with Gasteiger partial charge in [-0.05, 0) is 26.7 Å². The van der Waals surface area contributed by atoms with Gasteiger partial charge in [0.05, 0.1) is 6.67 Å². The third-order valence-corrected chi connectivity index (χ3v) is 3.19. The molecular formula is C9H15FN2S. The molecule has 1 aromatic heterocycles. The highest BCUT2D eigenvalue weighted by Gasteiger charge is 2.03. The average molecular weight is 202 g/mol. The van der Waals surface area contributed by atoms with Crippen LogP contribution >= 0.6 is 11.3 Å². The minimum absolute atomic E-state index is 0.254. The van der Waals surface area contributed by atoms with Gasteiger partial charge in [-0.1, -0.05) is 0 Å². The maximum Gasteiger partial charge on any atom is 0.182 e. The molecule has 0 aliphatic carbocycles. The van der Waals surface area contributed by atoms with Gasteiger partial charge in [0.25, 0.3) is 0 Å². The summed E-state index contributed by atoms with van der Waals surface area (Å²) in [7, 11) is 0. The van der Waals surface area contributed by atoms with Crippen LogP contribution in [0.2, 0.25) is 0 Å². The Balaban J connectivity index is 2.70. The van der Waals surface area contributed by atoms with E-state index in [1.54, 1.807) is 0 Å². The number of thiazole rings is 1. The van der Waals surface area contributed by atoms with Crippen molar-refractivity contribution in [2.45, 2.75) is 33.2 Å². The monoisotopic (exact) mass is 202 g/mol. The number of aryl methyl sites for hydroxylation is 1. The van der Waals surface area contributed by atoms with E-state index in [4.69, 9.17) is 5.41 Å². The van der Waals surface area contributed by atoms with Crippen molar-refractivity contribution >= 4 is 11.3 Å². The molecule has 0 bridgehead atoms. The number of halogens is 1. The van der Waals surface area contributed by atoms with E-state index < -0.39 is 0 Å². The number of hydrogen-bond donors (Lipinski definition) is 1. The molecule has 1 N–H and O–H groups in total. The lowest BCUT2D eigenvalue weighted by molar-refractivity contribution is 0.444. The highest BCUT2D eigenvalue weighted by molar-refractivity contribution is 7.09. The van der Waals surface area contributed by atoms with Crippen molar-refractivity contribution in [2.75, 3.05) is 6.67 Å². The molecule has 0 spiro atoms. The largest absolute Gasteiger partial charge is 0.321 e. The number of aromatic nitrogens is 1. The summed E-state index contributed by atoms with van der Waals surface area (Å²) in [5.41, 5.74) is 1.15. The van der Waals surface area contributed by atoms with Crippen LogP contribution in [-0.4, -0.2) is 11.2 Å². The Bertz CT molecular complexity index is 327. The van der Waals surface area contributed by atoms with Crippen LogP contribution in [-0.2, 0) is 6.54 Å². The minimum atomic E-state index is -0.254. The summed E-state index contributed by atoms with van der Waals surface area (Å²) in [4.78, 5) is 1.76. The number of nitrogens with one attached hydrogen (secondary N) is 1. The van der Waals surface area contributed by atoms with Crippen molar-refractivity contribution < 1.29 is 4.39 Å². The fourth-order valence-corrected chi connectivity index (χ4v) is 2.14. The van der Waals surface area contributed by atoms with Crippen molar-refractivity contribution in [3.8, 4) is 0 Å². The van der Waals surface area contributed by atoms with E-state index in [1.165, 1.54) is 16.2 Å². The molecule has 1 heterocycles. The fourth-order valence-electron chi connectivity index (χ4n) is 1.25.